The average Bonchev–Trinajstić information content (AvgIpc) is 2.91. The summed E-state index contributed by atoms with van der Waals surface area (Å²) in [6, 6.07) is 0. The Morgan fingerprint density at radius 3 is 0.838 bits per heavy atom. The normalized spacial score (nSPS) is 11.9. The Morgan fingerprint density at radius 1 is 0.297 bits per heavy atom. The van der Waals surface area contributed by atoms with E-state index in [-0.39, 0.29) is 0 Å². The highest BCUT2D eigenvalue weighted by molar-refractivity contribution is 4.82. The molecule has 220 valence electrons. The van der Waals surface area contributed by atoms with Crippen molar-refractivity contribution in [1.29, 1.82) is 0 Å². The molecule has 0 aliphatic heterocycles. The van der Waals surface area contributed by atoms with Gasteiger partial charge >= 0.3 is 0 Å². The smallest absolute Gasteiger partial charge is 0.00489 e. The second kappa shape index (κ2) is 35.4. The van der Waals surface area contributed by atoms with Crippen molar-refractivity contribution in [3.63, 3.8) is 0 Å². The van der Waals surface area contributed by atoms with E-state index in [0.29, 0.717) is 0 Å². The highest BCUT2D eigenvalue weighted by Crippen LogP contribution is 2.11. The van der Waals surface area contributed by atoms with Crippen molar-refractivity contribution in [3.8, 4) is 0 Å². The predicted octanol–water partition coefficient (Wildman–Crippen LogP) is 12.7. The fourth-order valence-electron chi connectivity index (χ4n) is 5.12. The molecule has 0 aliphatic carbocycles. The van der Waals surface area contributed by atoms with Crippen LogP contribution in [0.1, 0.15) is 194 Å². The van der Waals surface area contributed by atoms with Gasteiger partial charge in [0.25, 0.3) is 0 Å². The molecule has 0 rings (SSSR count). The zero-order chi connectivity index (χ0) is 26.7. The summed E-state index contributed by atoms with van der Waals surface area (Å²) in [5.74, 6) is 0. The Balaban J connectivity index is 3.09. The van der Waals surface area contributed by atoms with Crippen LogP contribution in [-0.2, 0) is 0 Å². The van der Waals surface area contributed by atoms with Gasteiger partial charge in [0, 0.05) is 0 Å². The molecule has 0 saturated carbocycles. The molecule has 0 saturated heterocycles. The maximum Gasteiger partial charge on any atom is -0.00489 e. The standard InChI is InChI=1S/C36H71N/c1-3-5-7-9-11-13-15-17-19-21-23-25-27-29-31-33-35-37-36-34-32-30-28-26-24-22-20-18-16-14-12-10-8-6-4-2/h17-20,37H,3-16,21-36H2,1-2H3/b19-17-,20-18-. The van der Waals surface area contributed by atoms with Crippen LogP contribution in [0.3, 0.4) is 0 Å². The van der Waals surface area contributed by atoms with Crippen molar-refractivity contribution in [3.05, 3.63) is 24.3 Å². The number of hydrogen-bond acceptors (Lipinski definition) is 1. The Hall–Kier alpha value is -0.560. The van der Waals surface area contributed by atoms with E-state index < -0.39 is 0 Å². The van der Waals surface area contributed by atoms with Gasteiger partial charge in [0.1, 0.15) is 0 Å². The Bertz CT molecular complexity index is 398. The van der Waals surface area contributed by atoms with Gasteiger partial charge in [-0.05, 0) is 77.3 Å². The maximum atomic E-state index is 3.67. The summed E-state index contributed by atoms with van der Waals surface area (Å²) in [5.41, 5.74) is 0. The van der Waals surface area contributed by atoms with Crippen LogP contribution in [0.15, 0.2) is 24.3 Å². The van der Waals surface area contributed by atoms with Gasteiger partial charge in [-0.3, -0.25) is 0 Å². The summed E-state index contributed by atoms with van der Waals surface area (Å²) >= 11 is 0. The fraction of sp³-hybridized carbons (Fsp3) is 0.889. The van der Waals surface area contributed by atoms with Gasteiger partial charge in [0.2, 0.25) is 0 Å². The third-order valence-corrected chi connectivity index (χ3v) is 7.73. The summed E-state index contributed by atoms with van der Waals surface area (Å²) in [4.78, 5) is 0. The molecule has 0 spiro atoms. The molecule has 1 nitrogen and oxygen atoms in total. The monoisotopic (exact) mass is 518 g/mol. The van der Waals surface area contributed by atoms with Gasteiger partial charge in [-0.1, -0.05) is 154 Å². The third kappa shape index (κ3) is 35.4. The van der Waals surface area contributed by atoms with E-state index in [2.05, 4.69) is 43.5 Å². The van der Waals surface area contributed by atoms with Crippen molar-refractivity contribution in [2.24, 2.45) is 0 Å². The van der Waals surface area contributed by atoms with Gasteiger partial charge < -0.3 is 5.32 Å². The lowest BCUT2D eigenvalue weighted by Crippen LogP contribution is -2.16. The summed E-state index contributed by atoms with van der Waals surface area (Å²) in [6.07, 6.45) is 48.8. The molecule has 1 N–H and O–H groups in total. The molecule has 0 aliphatic rings. The van der Waals surface area contributed by atoms with E-state index in [4.69, 9.17) is 0 Å². The van der Waals surface area contributed by atoms with Crippen molar-refractivity contribution in [2.75, 3.05) is 13.1 Å². The Kier molecular flexibility index (Phi) is 34.9. The predicted molar refractivity (Wildman–Crippen MR) is 172 cm³/mol. The van der Waals surface area contributed by atoms with Crippen LogP contribution in [0.2, 0.25) is 0 Å². The molecule has 0 aromatic carbocycles. The zero-order valence-electron chi connectivity index (χ0n) is 26.0. The molecule has 37 heavy (non-hydrogen) atoms. The molecule has 0 amide bonds. The minimum atomic E-state index is 1.23. The van der Waals surface area contributed by atoms with E-state index >= 15 is 0 Å². The van der Waals surface area contributed by atoms with Crippen LogP contribution < -0.4 is 5.32 Å². The molecule has 0 radical (unpaired) electrons. The first-order valence-corrected chi connectivity index (χ1v) is 17.4. The van der Waals surface area contributed by atoms with Gasteiger partial charge in [0.15, 0.2) is 0 Å². The van der Waals surface area contributed by atoms with Gasteiger partial charge in [-0.15, -0.1) is 0 Å². The van der Waals surface area contributed by atoms with Gasteiger partial charge in [-0.2, -0.15) is 0 Å². The zero-order valence-corrected chi connectivity index (χ0v) is 26.0. The summed E-state index contributed by atoms with van der Waals surface area (Å²) < 4.78 is 0. The van der Waals surface area contributed by atoms with Crippen molar-refractivity contribution in [2.45, 2.75) is 194 Å². The largest absolute Gasteiger partial charge is 0.317 e. The van der Waals surface area contributed by atoms with Gasteiger partial charge in [-0.25, -0.2) is 0 Å². The van der Waals surface area contributed by atoms with E-state index in [0.717, 1.165) is 0 Å². The summed E-state index contributed by atoms with van der Waals surface area (Å²) in [7, 11) is 0. The number of rotatable bonds is 32. The molecule has 0 unspecified atom stereocenters. The molecule has 1 heteroatoms. The number of nitrogens with one attached hydrogen (secondary N) is 1. The molecule has 0 heterocycles. The van der Waals surface area contributed by atoms with Crippen LogP contribution in [0.5, 0.6) is 0 Å². The number of allylic oxidation sites excluding steroid dienone is 4. The highest BCUT2D eigenvalue weighted by atomic mass is 14.8. The summed E-state index contributed by atoms with van der Waals surface area (Å²) in [5, 5.41) is 3.67. The first kappa shape index (κ1) is 36.4. The fourth-order valence-corrected chi connectivity index (χ4v) is 5.12. The first-order chi connectivity index (χ1) is 18.4. The van der Waals surface area contributed by atoms with Crippen LogP contribution in [0, 0.1) is 0 Å². The van der Waals surface area contributed by atoms with Crippen molar-refractivity contribution >= 4 is 0 Å². The minimum absolute atomic E-state index is 1.23. The molecule has 0 aromatic rings. The average molecular weight is 518 g/mol. The lowest BCUT2D eigenvalue weighted by Gasteiger charge is -2.05. The topological polar surface area (TPSA) is 12.0 Å². The minimum Gasteiger partial charge on any atom is -0.317 e. The van der Waals surface area contributed by atoms with E-state index in [1.54, 1.807) is 0 Å². The van der Waals surface area contributed by atoms with Crippen LogP contribution in [-0.4, -0.2) is 13.1 Å². The molecular formula is C36H71N. The molecule has 0 bridgehead atoms. The van der Waals surface area contributed by atoms with E-state index in [9.17, 15) is 0 Å². The first-order valence-electron chi connectivity index (χ1n) is 17.4. The molecule has 0 atom stereocenters. The number of hydrogen-bond donors (Lipinski definition) is 1. The number of unbranched alkanes of at least 4 members (excludes halogenated alkanes) is 24. The lowest BCUT2D eigenvalue weighted by molar-refractivity contribution is 0.539. The van der Waals surface area contributed by atoms with E-state index in [1.165, 1.54) is 193 Å². The SMILES string of the molecule is CCCCCCCC/C=C\CCCCCCCCNCCCCCCCC/C=C\CCCCCCCC. The highest BCUT2D eigenvalue weighted by Gasteiger charge is 1.94. The van der Waals surface area contributed by atoms with Crippen LogP contribution in [0.25, 0.3) is 0 Å². The quantitative estimate of drug-likeness (QED) is 0.0691. The van der Waals surface area contributed by atoms with Crippen LogP contribution in [0.4, 0.5) is 0 Å². The maximum absolute atomic E-state index is 3.67. The van der Waals surface area contributed by atoms with Crippen molar-refractivity contribution in [1.82, 2.24) is 5.32 Å². The van der Waals surface area contributed by atoms with Crippen molar-refractivity contribution < 1.29 is 0 Å². The van der Waals surface area contributed by atoms with Crippen LogP contribution >= 0.6 is 0 Å². The summed E-state index contributed by atoms with van der Waals surface area (Å²) in [6.45, 7) is 7.04. The molecular weight excluding hydrogens is 446 g/mol. The second-order valence-electron chi connectivity index (χ2n) is 11.6. The Morgan fingerprint density at radius 2 is 0.541 bits per heavy atom. The third-order valence-electron chi connectivity index (χ3n) is 7.73. The molecule has 0 aromatic heterocycles. The molecule has 0 fully saturated rings. The lowest BCUT2D eigenvalue weighted by atomic mass is 10.1. The Labute approximate surface area is 236 Å². The van der Waals surface area contributed by atoms with Gasteiger partial charge in [0.05, 0.1) is 0 Å². The second-order valence-corrected chi connectivity index (χ2v) is 11.6. The van der Waals surface area contributed by atoms with E-state index in [1.807, 2.05) is 0 Å².